The van der Waals surface area contributed by atoms with Gasteiger partial charge in [0.25, 0.3) is 0 Å². The second-order valence-corrected chi connectivity index (χ2v) is 7.64. The number of rotatable bonds is 6. The van der Waals surface area contributed by atoms with E-state index >= 15 is 0 Å². The largest absolute Gasteiger partial charge is 0.455 e. The number of carbonyl (C=O) groups excluding carboxylic acids is 1. The van der Waals surface area contributed by atoms with Crippen molar-refractivity contribution >= 4 is 27.6 Å². The van der Waals surface area contributed by atoms with Gasteiger partial charge < -0.3 is 9.26 Å². The molecule has 1 fully saturated rings. The molecular formula is C15H15ClN2O5S. The van der Waals surface area contributed by atoms with Gasteiger partial charge in [0, 0.05) is 12.1 Å². The van der Waals surface area contributed by atoms with Gasteiger partial charge in [-0.05, 0) is 38.0 Å². The lowest BCUT2D eigenvalue weighted by molar-refractivity contribution is 0.0464. The topological polar surface area (TPSA) is 98.5 Å². The van der Waals surface area contributed by atoms with Gasteiger partial charge in [0.1, 0.15) is 23.0 Å². The van der Waals surface area contributed by atoms with Crippen molar-refractivity contribution in [1.82, 2.24) is 9.88 Å². The summed E-state index contributed by atoms with van der Waals surface area (Å²) in [6, 6.07) is 5.57. The smallest absolute Gasteiger partial charge is 0.338 e. The standard InChI is InChI=1S/C15H15ClN2O5S/c1-9-6-12(17-23-9)8-22-15(19)10-2-5-13(16)14(7-10)24(20,21)18-11-3-4-11/h2,5-7,11,18H,3-4,8H2,1H3. The monoisotopic (exact) mass is 370 g/mol. The van der Waals surface area contributed by atoms with Gasteiger partial charge in [0.15, 0.2) is 0 Å². The predicted octanol–water partition coefficient (Wildman–Crippen LogP) is 2.43. The fraction of sp³-hybridized carbons (Fsp3) is 0.333. The summed E-state index contributed by atoms with van der Waals surface area (Å²) in [7, 11) is -3.76. The fourth-order valence-electron chi connectivity index (χ4n) is 2.03. The van der Waals surface area contributed by atoms with Gasteiger partial charge in [-0.2, -0.15) is 0 Å². The van der Waals surface area contributed by atoms with Crippen LogP contribution in [-0.2, 0) is 21.4 Å². The molecule has 1 aromatic heterocycles. The van der Waals surface area contributed by atoms with Crippen LogP contribution in [0.5, 0.6) is 0 Å². The Balaban J connectivity index is 1.75. The Labute approximate surface area is 144 Å². The predicted molar refractivity (Wildman–Crippen MR) is 85.2 cm³/mol. The molecule has 9 heteroatoms. The van der Waals surface area contributed by atoms with E-state index in [9.17, 15) is 13.2 Å². The first kappa shape index (κ1) is 16.9. The van der Waals surface area contributed by atoms with Crippen molar-refractivity contribution in [2.45, 2.75) is 37.3 Å². The fourth-order valence-corrected chi connectivity index (χ4v) is 3.86. The minimum Gasteiger partial charge on any atom is -0.455 e. The number of sulfonamides is 1. The third kappa shape index (κ3) is 3.95. The van der Waals surface area contributed by atoms with Crippen LogP contribution in [0.4, 0.5) is 0 Å². The van der Waals surface area contributed by atoms with Crippen LogP contribution in [0, 0.1) is 6.92 Å². The van der Waals surface area contributed by atoms with E-state index in [1.165, 1.54) is 18.2 Å². The summed E-state index contributed by atoms with van der Waals surface area (Å²) in [5, 5.41) is 3.76. The van der Waals surface area contributed by atoms with Crippen LogP contribution in [0.2, 0.25) is 5.02 Å². The lowest BCUT2D eigenvalue weighted by Crippen LogP contribution is -2.26. The summed E-state index contributed by atoms with van der Waals surface area (Å²) in [5.41, 5.74) is 0.564. The molecular weight excluding hydrogens is 356 g/mol. The highest BCUT2D eigenvalue weighted by atomic mass is 35.5. The van der Waals surface area contributed by atoms with Gasteiger partial charge in [0.2, 0.25) is 10.0 Å². The lowest BCUT2D eigenvalue weighted by atomic mass is 10.2. The van der Waals surface area contributed by atoms with Crippen molar-refractivity contribution in [3.05, 3.63) is 46.3 Å². The Bertz CT molecular complexity index is 874. The Morgan fingerprint density at radius 3 is 2.79 bits per heavy atom. The number of hydrogen-bond acceptors (Lipinski definition) is 6. The van der Waals surface area contributed by atoms with Gasteiger partial charge in [-0.15, -0.1) is 0 Å². The maximum Gasteiger partial charge on any atom is 0.338 e. The molecule has 0 bridgehead atoms. The number of aromatic nitrogens is 1. The first-order valence-electron chi connectivity index (χ1n) is 7.26. The lowest BCUT2D eigenvalue weighted by Gasteiger charge is -2.09. The molecule has 2 aromatic rings. The van der Waals surface area contributed by atoms with Gasteiger partial charge in [-0.1, -0.05) is 16.8 Å². The molecule has 3 rings (SSSR count). The molecule has 0 saturated heterocycles. The van der Waals surface area contributed by atoms with Crippen molar-refractivity contribution in [3.63, 3.8) is 0 Å². The highest BCUT2D eigenvalue weighted by Crippen LogP contribution is 2.27. The molecule has 1 aliphatic rings. The van der Waals surface area contributed by atoms with Crippen LogP contribution in [0.3, 0.4) is 0 Å². The Hall–Kier alpha value is -1.90. The quantitative estimate of drug-likeness (QED) is 0.784. The molecule has 128 valence electrons. The minimum absolute atomic E-state index is 0.0480. The normalized spacial score (nSPS) is 14.6. The van der Waals surface area contributed by atoms with Crippen molar-refractivity contribution in [3.8, 4) is 0 Å². The third-order valence-corrected chi connectivity index (χ3v) is 5.39. The Morgan fingerprint density at radius 1 is 1.42 bits per heavy atom. The van der Waals surface area contributed by atoms with E-state index < -0.39 is 16.0 Å². The molecule has 0 spiro atoms. The molecule has 1 saturated carbocycles. The van der Waals surface area contributed by atoms with Crippen LogP contribution in [-0.4, -0.2) is 25.6 Å². The molecule has 0 radical (unpaired) electrons. The number of nitrogens with zero attached hydrogens (tertiary/aromatic N) is 1. The summed E-state index contributed by atoms with van der Waals surface area (Å²) in [5.74, 6) is -0.0673. The average molecular weight is 371 g/mol. The van der Waals surface area contributed by atoms with E-state index in [0.717, 1.165) is 12.8 Å². The van der Waals surface area contributed by atoms with Crippen LogP contribution >= 0.6 is 11.6 Å². The molecule has 1 aromatic carbocycles. The van der Waals surface area contributed by atoms with Gasteiger partial charge in [-0.3, -0.25) is 0 Å². The number of benzene rings is 1. The first-order valence-corrected chi connectivity index (χ1v) is 9.12. The average Bonchev–Trinajstić information content (AvgIpc) is 3.23. The highest BCUT2D eigenvalue weighted by Gasteiger charge is 2.29. The summed E-state index contributed by atoms with van der Waals surface area (Å²) < 4.78 is 37.1. The number of halogens is 1. The van der Waals surface area contributed by atoms with E-state index in [-0.39, 0.29) is 28.1 Å². The summed E-state index contributed by atoms with van der Waals surface area (Å²) in [4.78, 5) is 12.0. The molecule has 0 amide bonds. The van der Waals surface area contributed by atoms with Crippen molar-refractivity contribution in [2.24, 2.45) is 0 Å². The van der Waals surface area contributed by atoms with Gasteiger partial charge in [-0.25, -0.2) is 17.9 Å². The van der Waals surface area contributed by atoms with Crippen LogP contribution in [0.15, 0.2) is 33.7 Å². The number of nitrogens with one attached hydrogen (secondary N) is 1. The SMILES string of the molecule is Cc1cc(COC(=O)c2ccc(Cl)c(S(=O)(=O)NC3CC3)c2)no1. The number of ether oxygens (including phenoxy) is 1. The molecule has 1 aliphatic carbocycles. The second-order valence-electron chi connectivity index (χ2n) is 5.55. The van der Waals surface area contributed by atoms with Crippen molar-refractivity contribution < 1.29 is 22.5 Å². The zero-order valence-electron chi connectivity index (χ0n) is 12.8. The van der Waals surface area contributed by atoms with Crippen LogP contribution in [0.1, 0.15) is 34.7 Å². The van der Waals surface area contributed by atoms with Crippen LogP contribution in [0.25, 0.3) is 0 Å². The molecule has 7 nitrogen and oxygen atoms in total. The zero-order valence-corrected chi connectivity index (χ0v) is 14.4. The van der Waals surface area contributed by atoms with E-state index in [1.807, 2.05) is 0 Å². The number of aryl methyl sites for hydroxylation is 1. The zero-order chi connectivity index (χ0) is 17.3. The molecule has 1 heterocycles. The van der Waals surface area contributed by atoms with E-state index in [0.29, 0.717) is 11.5 Å². The number of esters is 1. The maximum atomic E-state index is 12.3. The summed E-state index contributed by atoms with van der Waals surface area (Å²) in [6.07, 6.45) is 1.60. The molecule has 1 N–H and O–H groups in total. The van der Waals surface area contributed by atoms with Gasteiger partial charge >= 0.3 is 5.97 Å². The molecule has 0 aliphatic heterocycles. The summed E-state index contributed by atoms with van der Waals surface area (Å²) in [6.45, 7) is 1.66. The number of carbonyl (C=O) groups is 1. The third-order valence-electron chi connectivity index (χ3n) is 3.38. The molecule has 24 heavy (non-hydrogen) atoms. The minimum atomic E-state index is -3.76. The van der Waals surface area contributed by atoms with Crippen LogP contribution < -0.4 is 4.72 Å². The van der Waals surface area contributed by atoms with Gasteiger partial charge in [0.05, 0.1) is 10.6 Å². The highest BCUT2D eigenvalue weighted by molar-refractivity contribution is 7.89. The second kappa shape index (κ2) is 6.54. The number of hydrogen-bond donors (Lipinski definition) is 1. The molecule has 0 atom stereocenters. The Morgan fingerprint density at radius 2 is 2.17 bits per heavy atom. The maximum absolute atomic E-state index is 12.3. The van der Waals surface area contributed by atoms with E-state index in [4.69, 9.17) is 20.9 Å². The first-order chi connectivity index (χ1) is 11.3. The molecule has 0 unspecified atom stereocenters. The Kier molecular flexibility index (Phi) is 4.62. The van der Waals surface area contributed by atoms with Crippen molar-refractivity contribution in [2.75, 3.05) is 0 Å². The summed E-state index contributed by atoms with van der Waals surface area (Å²) >= 11 is 5.97. The van der Waals surface area contributed by atoms with Crippen molar-refractivity contribution in [1.29, 1.82) is 0 Å². The van der Waals surface area contributed by atoms with E-state index in [2.05, 4.69) is 9.88 Å². The van der Waals surface area contributed by atoms with E-state index in [1.54, 1.807) is 13.0 Å².